The molecule has 3 N–H and O–H groups in total. The smallest absolute Gasteiger partial charge is 0.306 e. The largest absolute Gasteiger partial charge is 0.330 e. The lowest BCUT2D eigenvalue weighted by atomic mass is 9.96. The van der Waals surface area contributed by atoms with Gasteiger partial charge in [-0.15, -0.1) is 0 Å². The highest BCUT2D eigenvalue weighted by molar-refractivity contribution is 5.93. The van der Waals surface area contributed by atoms with Crippen LogP contribution in [0.15, 0.2) is 48.5 Å². The lowest BCUT2D eigenvalue weighted by Crippen LogP contribution is -2.92. The van der Waals surface area contributed by atoms with Crippen LogP contribution in [0, 0.1) is 21.8 Å². The maximum absolute atomic E-state index is 13.4. The molecule has 0 aliphatic heterocycles. The Kier molecular flexibility index (Phi) is 7.01. The number of hydrogen-bond donors (Lipinski definition) is 2. The minimum atomic E-state index is -0.932. The van der Waals surface area contributed by atoms with Crippen molar-refractivity contribution in [3.8, 4) is 0 Å². The van der Waals surface area contributed by atoms with Gasteiger partial charge in [-0.05, 0) is 25.0 Å². The first kappa shape index (κ1) is 20.5. The third kappa shape index (κ3) is 5.86. The van der Waals surface area contributed by atoms with E-state index in [1.165, 1.54) is 6.07 Å². The van der Waals surface area contributed by atoms with Gasteiger partial charge in [0.15, 0.2) is 6.04 Å². The Morgan fingerprint density at radius 1 is 1.19 bits per heavy atom. The van der Waals surface area contributed by atoms with E-state index in [4.69, 9.17) is 0 Å². The summed E-state index contributed by atoms with van der Waals surface area (Å²) in [7, 11) is 0. The number of nitro benzene ring substituents is 1. The molecule has 2 atom stereocenters. The first-order valence-electron chi connectivity index (χ1n) is 8.92. The van der Waals surface area contributed by atoms with Gasteiger partial charge < -0.3 is 10.6 Å². The van der Waals surface area contributed by atoms with Crippen molar-refractivity contribution in [3.63, 3.8) is 0 Å². The number of rotatable bonds is 8. The van der Waals surface area contributed by atoms with E-state index in [1.54, 1.807) is 6.92 Å². The summed E-state index contributed by atoms with van der Waals surface area (Å²) in [5.74, 6) is -0.763. The number of anilines is 1. The Hall–Kier alpha value is -2.80. The van der Waals surface area contributed by atoms with E-state index in [2.05, 4.69) is 19.2 Å². The Balaban J connectivity index is 2.09. The number of amides is 1. The molecule has 2 aromatic carbocycles. The Bertz CT molecular complexity index is 796. The number of nitrogens with one attached hydrogen (secondary N) is 1. The fraction of sp³-hybridized carbons (Fsp3) is 0.350. The number of benzene rings is 2. The molecule has 27 heavy (non-hydrogen) atoms. The molecular weight excluding hydrogens is 349 g/mol. The summed E-state index contributed by atoms with van der Waals surface area (Å²) >= 11 is 0. The molecule has 0 bridgehead atoms. The second-order valence-corrected chi connectivity index (χ2v) is 7.04. The minimum Gasteiger partial charge on any atom is -0.330 e. The average Bonchev–Trinajstić information content (AvgIpc) is 2.62. The maximum Gasteiger partial charge on any atom is 0.306 e. The Labute approximate surface area is 157 Å². The zero-order chi connectivity index (χ0) is 20.0. The highest BCUT2D eigenvalue weighted by Crippen LogP contribution is 2.22. The van der Waals surface area contributed by atoms with Crippen LogP contribution in [-0.4, -0.2) is 16.9 Å². The number of hydrogen-bond acceptors (Lipinski definition) is 3. The molecule has 0 spiro atoms. The van der Waals surface area contributed by atoms with Crippen LogP contribution < -0.4 is 10.6 Å². The van der Waals surface area contributed by atoms with Gasteiger partial charge in [0.1, 0.15) is 6.04 Å². The molecule has 1 amide bonds. The van der Waals surface area contributed by atoms with Crippen LogP contribution in [0.25, 0.3) is 0 Å². The first-order chi connectivity index (χ1) is 12.8. The van der Waals surface area contributed by atoms with Crippen molar-refractivity contribution in [1.29, 1.82) is 0 Å². The summed E-state index contributed by atoms with van der Waals surface area (Å²) in [6, 6.07) is 13.0. The van der Waals surface area contributed by atoms with Crippen LogP contribution >= 0.6 is 0 Å². The molecule has 0 saturated carbocycles. The molecule has 0 aliphatic rings. The van der Waals surface area contributed by atoms with Gasteiger partial charge in [0.05, 0.1) is 4.92 Å². The zero-order valence-corrected chi connectivity index (χ0v) is 15.7. The van der Waals surface area contributed by atoms with Gasteiger partial charge >= 0.3 is 5.69 Å². The summed E-state index contributed by atoms with van der Waals surface area (Å²) in [6.07, 6.45) is 0.906. The van der Waals surface area contributed by atoms with Gasteiger partial charge in [0.2, 0.25) is 5.82 Å². The minimum absolute atomic E-state index is 0.120. The van der Waals surface area contributed by atoms with Crippen LogP contribution in [0.5, 0.6) is 0 Å². The number of carbonyl (C=O) groups is 1. The molecule has 0 saturated heterocycles. The molecule has 2 rings (SSSR count). The van der Waals surface area contributed by atoms with E-state index in [-0.39, 0.29) is 17.6 Å². The van der Waals surface area contributed by atoms with E-state index in [1.807, 2.05) is 35.6 Å². The molecule has 144 valence electrons. The molecule has 7 heteroatoms. The van der Waals surface area contributed by atoms with Gasteiger partial charge in [0.25, 0.3) is 5.91 Å². The summed E-state index contributed by atoms with van der Waals surface area (Å²) in [4.78, 5) is 22.6. The molecule has 0 aliphatic carbocycles. The number of nitro groups is 1. The zero-order valence-electron chi connectivity index (χ0n) is 15.7. The molecule has 2 aromatic rings. The maximum atomic E-state index is 13.4. The second kappa shape index (κ2) is 9.23. The monoisotopic (exact) mass is 374 g/mol. The van der Waals surface area contributed by atoms with E-state index >= 15 is 0 Å². The first-order valence-corrected chi connectivity index (χ1v) is 8.92. The van der Waals surface area contributed by atoms with Crippen LogP contribution in [0.3, 0.4) is 0 Å². The Morgan fingerprint density at radius 3 is 2.44 bits per heavy atom. The van der Waals surface area contributed by atoms with Gasteiger partial charge in [-0.25, -0.2) is 0 Å². The molecule has 0 aromatic heterocycles. The van der Waals surface area contributed by atoms with Gasteiger partial charge in [0, 0.05) is 23.7 Å². The number of carbonyl (C=O) groups excluding carboxylic acids is 1. The number of halogens is 1. The normalized spacial score (nSPS) is 13.2. The van der Waals surface area contributed by atoms with Crippen LogP contribution in [-0.2, 0) is 4.79 Å². The quantitative estimate of drug-likeness (QED) is 0.548. The summed E-state index contributed by atoms with van der Waals surface area (Å²) in [6.45, 7) is 6.04. The van der Waals surface area contributed by atoms with Crippen molar-refractivity contribution in [2.45, 2.75) is 39.3 Å². The van der Waals surface area contributed by atoms with E-state index in [9.17, 15) is 19.3 Å². The molecule has 0 unspecified atom stereocenters. The van der Waals surface area contributed by atoms with Crippen LogP contribution in [0.1, 0.15) is 38.8 Å². The highest BCUT2D eigenvalue weighted by atomic mass is 19.1. The standard InChI is InChI=1S/C20H24FN3O3/c1-13(2)11-18(15-7-5-4-6-8-15)22-14(3)20(25)23-16-9-10-17(21)19(12-16)24(26)27/h4-10,12-14,18,22H,11H2,1-3H3,(H,23,25)/p+1/t14-,18+/m0/s1. The van der Waals surface area contributed by atoms with Crippen LogP contribution in [0.4, 0.5) is 15.8 Å². The van der Waals surface area contributed by atoms with Crippen molar-refractivity contribution in [3.05, 3.63) is 70.0 Å². The van der Waals surface area contributed by atoms with Gasteiger partial charge in [-0.1, -0.05) is 44.2 Å². The van der Waals surface area contributed by atoms with Gasteiger partial charge in [-0.3, -0.25) is 14.9 Å². The molecule has 6 nitrogen and oxygen atoms in total. The van der Waals surface area contributed by atoms with E-state index < -0.39 is 22.5 Å². The second-order valence-electron chi connectivity index (χ2n) is 7.04. The third-order valence-corrected chi connectivity index (χ3v) is 4.30. The van der Waals surface area contributed by atoms with Crippen molar-refractivity contribution in [2.75, 3.05) is 5.32 Å². The fourth-order valence-electron chi connectivity index (χ4n) is 2.96. The number of nitrogens with two attached hydrogens (primary N) is 1. The number of quaternary nitrogens is 1. The third-order valence-electron chi connectivity index (χ3n) is 4.30. The van der Waals surface area contributed by atoms with Crippen molar-refractivity contribution in [1.82, 2.24) is 0 Å². The van der Waals surface area contributed by atoms with Crippen molar-refractivity contribution >= 4 is 17.3 Å². The SMILES string of the molecule is CC(C)C[C@@H]([NH2+][C@@H](C)C(=O)Nc1ccc(F)c([N+](=O)[O-])c1)c1ccccc1. The highest BCUT2D eigenvalue weighted by Gasteiger charge is 2.25. The Morgan fingerprint density at radius 2 is 1.85 bits per heavy atom. The molecule has 0 fully saturated rings. The predicted molar refractivity (Wildman–Crippen MR) is 102 cm³/mol. The summed E-state index contributed by atoms with van der Waals surface area (Å²) in [5, 5.41) is 15.5. The lowest BCUT2D eigenvalue weighted by Gasteiger charge is -2.21. The predicted octanol–water partition coefficient (Wildman–Crippen LogP) is 3.41. The average molecular weight is 374 g/mol. The summed E-state index contributed by atoms with van der Waals surface area (Å²) in [5.41, 5.74) is 0.683. The van der Waals surface area contributed by atoms with Crippen LogP contribution in [0.2, 0.25) is 0 Å². The van der Waals surface area contributed by atoms with Gasteiger partial charge in [-0.2, -0.15) is 4.39 Å². The van der Waals surface area contributed by atoms with E-state index in [0.29, 0.717) is 5.92 Å². The molecule has 0 radical (unpaired) electrons. The van der Waals surface area contributed by atoms with Crippen molar-refractivity contribution < 1.29 is 19.4 Å². The van der Waals surface area contributed by atoms with E-state index in [0.717, 1.165) is 24.1 Å². The topological polar surface area (TPSA) is 88.8 Å². The molecule has 0 heterocycles. The summed E-state index contributed by atoms with van der Waals surface area (Å²) < 4.78 is 13.4. The number of nitrogens with zero attached hydrogens (tertiary/aromatic N) is 1. The molecular formula is C20H25FN3O3+. The van der Waals surface area contributed by atoms with Crippen molar-refractivity contribution in [2.24, 2.45) is 5.92 Å². The lowest BCUT2D eigenvalue weighted by molar-refractivity contribution is -0.714. The fourth-order valence-corrected chi connectivity index (χ4v) is 2.96.